The van der Waals surface area contributed by atoms with Crippen molar-refractivity contribution in [2.45, 2.75) is 59.0 Å². The van der Waals surface area contributed by atoms with Crippen LogP contribution in [0.2, 0.25) is 0 Å². The van der Waals surface area contributed by atoms with Crippen molar-refractivity contribution in [1.29, 1.82) is 0 Å². The van der Waals surface area contributed by atoms with Crippen LogP contribution in [0.15, 0.2) is 54.0 Å². The van der Waals surface area contributed by atoms with Crippen LogP contribution in [0.25, 0.3) is 15.9 Å². The normalized spacial score (nSPS) is 11.7. The molecule has 0 fully saturated rings. The first kappa shape index (κ1) is 24.8. The van der Waals surface area contributed by atoms with E-state index in [0.29, 0.717) is 24.2 Å². The van der Waals surface area contributed by atoms with Gasteiger partial charge in [-0.05, 0) is 62.4 Å². The van der Waals surface area contributed by atoms with E-state index in [1.54, 1.807) is 17.4 Å². The third-order valence-corrected chi connectivity index (χ3v) is 6.83. The smallest absolute Gasteiger partial charge is 0.339 e. The van der Waals surface area contributed by atoms with E-state index in [0.717, 1.165) is 40.0 Å². The lowest BCUT2D eigenvalue weighted by atomic mass is 10.1. The number of thiophene rings is 1. The summed E-state index contributed by atoms with van der Waals surface area (Å²) in [6.45, 7) is 8.62. The maximum Gasteiger partial charge on any atom is 0.339 e. The van der Waals surface area contributed by atoms with E-state index < -0.39 is 11.5 Å². The molecule has 4 rings (SSSR count). The molecule has 0 saturated carbocycles. The Labute approximate surface area is 210 Å². The maximum atomic E-state index is 13.3. The Hall–Kier alpha value is -3.32. The fourth-order valence-electron chi connectivity index (χ4n) is 4.39. The Kier molecular flexibility index (Phi) is 7.17. The second-order valence-corrected chi connectivity index (χ2v) is 10.7. The summed E-state index contributed by atoms with van der Waals surface area (Å²) in [4.78, 5) is 26.1. The van der Waals surface area contributed by atoms with Gasteiger partial charge < -0.3 is 19.2 Å². The van der Waals surface area contributed by atoms with Crippen LogP contribution in [0.1, 0.15) is 72.6 Å². The summed E-state index contributed by atoms with van der Waals surface area (Å²) in [5, 5.41) is 7.37. The number of esters is 1. The molecular formula is C28H33N3O3S. The van der Waals surface area contributed by atoms with Crippen LogP contribution >= 0.6 is 11.3 Å². The van der Waals surface area contributed by atoms with Gasteiger partial charge in [-0.15, -0.1) is 11.3 Å². The highest BCUT2D eigenvalue weighted by Gasteiger charge is 2.27. The van der Waals surface area contributed by atoms with Crippen LogP contribution in [0.4, 0.5) is 0 Å². The molecule has 184 valence electrons. The summed E-state index contributed by atoms with van der Waals surface area (Å²) in [5.74, 6) is -0.618. The van der Waals surface area contributed by atoms with Gasteiger partial charge in [0.15, 0.2) is 0 Å². The van der Waals surface area contributed by atoms with Gasteiger partial charge in [0.25, 0.3) is 5.91 Å². The Bertz CT molecular complexity index is 1340. The van der Waals surface area contributed by atoms with E-state index >= 15 is 0 Å². The molecule has 0 aliphatic heterocycles. The molecule has 1 N–H and O–H groups in total. The molecule has 6 nitrogen and oxygen atoms in total. The highest BCUT2D eigenvalue weighted by Crippen LogP contribution is 2.31. The molecule has 0 bridgehead atoms. The van der Waals surface area contributed by atoms with Crippen molar-refractivity contribution in [1.82, 2.24) is 14.5 Å². The Morgan fingerprint density at radius 3 is 2.54 bits per heavy atom. The Morgan fingerprint density at radius 1 is 1.11 bits per heavy atom. The van der Waals surface area contributed by atoms with Gasteiger partial charge in [-0.3, -0.25) is 4.79 Å². The lowest BCUT2D eigenvalue weighted by Gasteiger charge is -2.21. The zero-order chi connectivity index (χ0) is 25.2. The van der Waals surface area contributed by atoms with Gasteiger partial charge in [0.05, 0.1) is 23.2 Å². The number of carbonyl (C=O) groups is 2. The lowest BCUT2D eigenvalue weighted by Crippen LogP contribution is -2.41. The van der Waals surface area contributed by atoms with Crippen LogP contribution < -0.4 is 5.32 Å². The number of aromatic nitrogens is 2. The number of hydrogen-bond donors (Lipinski definition) is 1. The molecule has 0 atom stereocenters. The third-order valence-electron chi connectivity index (χ3n) is 5.97. The number of benzene rings is 1. The van der Waals surface area contributed by atoms with Crippen LogP contribution in [0.3, 0.4) is 0 Å². The molecule has 0 aliphatic rings. The van der Waals surface area contributed by atoms with E-state index in [2.05, 4.69) is 46.6 Å². The highest BCUT2D eigenvalue weighted by molar-refractivity contribution is 7.12. The van der Waals surface area contributed by atoms with Crippen LogP contribution in [-0.2, 0) is 17.7 Å². The van der Waals surface area contributed by atoms with Crippen molar-refractivity contribution in [3.05, 3.63) is 76.6 Å². The molecule has 0 aliphatic carbocycles. The first-order valence-corrected chi connectivity index (χ1v) is 12.9. The number of amides is 1. The van der Waals surface area contributed by atoms with Crippen molar-refractivity contribution in [3.8, 4) is 5.00 Å². The molecule has 3 heterocycles. The van der Waals surface area contributed by atoms with Crippen molar-refractivity contribution in [2.75, 3.05) is 7.11 Å². The number of hydrogen-bond acceptors (Lipinski definition) is 4. The number of para-hydroxylation sites is 1. The molecule has 0 unspecified atom stereocenters. The van der Waals surface area contributed by atoms with Crippen LogP contribution in [-0.4, -0.2) is 33.7 Å². The minimum absolute atomic E-state index is 0.189. The highest BCUT2D eigenvalue weighted by atomic mass is 32.1. The minimum Gasteiger partial charge on any atom is -0.465 e. The average molecular weight is 492 g/mol. The van der Waals surface area contributed by atoms with Crippen molar-refractivity contribution in [3.63, 3.8) is 0 Å². The number of rotatable bonds is 8. The number of fused-ring (bicyclic) bond motifs is 1. The fourth-order valence-corrected chi connectivity index (χ4v) is 5.11. The van der Waals surface area contributed by atoms with Crippen molar-refractivity contribution < 1.29 is 14.3 Å². The summed E-state index contributed by atoms with van der Waals surface area (Å²) < 4.78 is 9.33. The number of nitrogens with one attached hydrogen (secondary N) is 1. The molecule has 1 aromatic carbocycles. The first-order valence-electron chi connectivity index (χ1n) is 12.0. The summed E-state index contributed by atoms with van der Waals surface area (Å²) in [6, 6.07) is 14.1. The first-order chi connectivity index (χ1) is 16.7. The zero-order valence-corrected chi connectivity index (χ0v) is 21.9. The molecule has 4 aromatic rings. The summed E-state index contributed by atoms with van der Waals surface area (Å²) in [7, 11) is 1.38. The van der Waals surface area contributed by atoms with Crippen molar-refractivity contribution >= 4 is 34.1 Å². The Balaban J connectivity index is 1.87. The maximum absolute atomic E-state index is 13.3. The number of unbranched alkanes of at least 4 members (excludes halogenated alkanes) is 1. The molecular weight excluding hydrogens is 458 g/mol. The van der Waals surface area contributed by atoms with E-state index in [9.17, 15) is 9.59 Å². The summed E-state index contributed by atoms with van der Waals surface area (Å²) >= 11 is 1.68. The monoisotopic (exact) mass is 491 g/mol. The number of nitrogens with zero attached hydrogens (tertiary/aromatic N) is 2. The number of carbonyl (C=O) groups excluding carboxylic acids is 2. The van der Waals surface area contributed by atoms with E-state index in [-0.39, 0.29) is 5.91 Å². The van der Waals surface area contributed by atoms with E-state index in [1.165, 1.54) is 7.11 Å². The second-order valence-electron chi connectivity index (χ2n) is 9.76. The van der Waals surface area contributed by atoms with Crippen LogP contribution in [0.5, 0.6) is 0 Å². The van der Waals surface area contributed by atoms with Gasteiger partial charge in [0.1, 0.15) is 5.69 Å². The molecule has 1 amide bonds. The predicted octanol–water partition coefficient (Wildman–Crippen LogP) is 6.20. The predicted molar refractivity (Wildman–Crippen MR) is 142 cm³/mol. The van der Waals surface area contributed by atoms with E-state index in [4.69, 9.17) is 4.74 Å². The number of ether oxygens (including phenoxy) is 1. The van der Waals surface area contributed by atoms with Crippen LogP contribution in [0, 0.1) is 0 Å². The largest absolute Gasteiger partial charge is 0.465 e. The lowest BCUT2D eigenvalue weighted by molar-refractivity contribution is 0.0599. The van der Waals surface area contributed by atoms with Gasteiger partial charge in [0.2, 0.25) is 0 Å². The third kappa shape index (κ3) is 5.20. The second kappa shape index (κ2) is 10.1. The quantitative estimate of drug-likeness (QED) is 0.299. The molecule has 0 spiro atoms. The van der Waals surface area contributed by atoms with Gasteiger partial charge in [-0.2, -0.15) is 0 Å². The van der Waals surface area contributed by atoms with Crippen molar-refractivity contribution in [2.24, 2.45) is 0 Å². The Morgan fingerprint density at radius 2 is 1.89 bits per heavy atom. The van der Waals surface area contributed by atoms with Gasteiger partial charge in [-0.1, -0.05) is 31.5 Å². The van der Waals surface area contributed by atoms with Gasteiger partial charge in [0, 0.05) is 35.8 Å². The van der Waals surface area contributed by atoms with Gasteiger partial charge in [-0.25, -0.2) is 4.79 Å². The fraction of sp³-hybridized carbons (Fsp3) is 0.357. The standard InChI is InChI=1S/C28H33N3O3S/c1-6-7-14-30-23(21(27(33)34-5)17-24(30)26(32)29-28(2,3)4)16-19-18-31(25-13-10-15-35-25)22-12-9-8-11-20(19)22/h8-13,15,17-18H,6-7,14,16H2,1-5H3,(H,29,32). The van der Waals surface area contributed by atoms with E-state index in [1.807, 2.05) is 43.5 Å². The summed E-state index contributed by atoms with van der Waals surface area (Å²) in [5.41, 5.74) is 3.55. The SMILES string of the molecule is CCCCn1c(C(=O)NC(C)(C)C)cc(C(=O)OC)c1Cc1cn(-c2cccs2)c2ccccc12. The molecule has 35 heavy (non-hydrogen) atoms. The zero-order valence-electron chi connectivity index (χ0n) is 21.1. The topological polar surface area (TPSA) is 65.3 Å². The summed E-state index contributed by atoms with van der Waals surface area (Å²) in [6.07, 6.45) is 4.53. The minimum atomic E-state index is -0.429. The molecule has 0 saturated heterocycles. The molecule has 0 radical (unpaired) electrons. The molecule has 7 heteroatoms. The number of methoxy groups -OCH3 is 1. The molecule has 3 aromatic heterocycles. The average Bonchev–Trinajstić information content (AvgIpc) is 3.54. The van der Waals surface area contributed by atoms with Gasteiger partial charge >= 0.3 is 5.97 Å².